The van der Waals surface area contributed by atoms with Gasteiger partial charge in [-0.1, -0.05) is 15.9 Å². The molecule has 1 aromatic carbocycles. The van der Waals surface area contributed by atoms with Crippen molar-refractivity contribution in [2.24, 2.45) is 0 Å². The van der Waals surface area contributed by atoms with Gasteiger partial charge in [-0.05, 0) is 70.2 Å². The summed E-state index contributed by atoms with van der Waals surface area (Å²) in [5, 5.41) is 2.72. The maximum absolute atomic E-state index is 13.5. The van der Waals surface area contributed by atoms with Gasteiger partial charge in [0.05, 0.1) is 6.61 Å². The number of benzene rings is 1. The van der Waals surface area contributed by atoms with Crippen LogP contribution in [0.2, 0.25) is 0 Å². The van der Waals surface area contributed by atoms with Gasteiger partial charge in [0.15, 0.2) is 0 Å². The molecular weight excluding hydrogens is 499 g/mol. The number of alkyl halides is 2. The standard InChI is InChI=1S/C16H17BrF2INO3/c1-2-24-15(23)16(18,19)10-13(20)4-3-9-21-14(22)11-5-7-12(17)8-6-11/h5-8,10H,2-4,9H2,1H3,(H,21,22). The van der Waals surface area contributed by atoms with Crippen LogP contribution in [0.15, 0.2) is 38.4 Å². The first-order chi connectivity index (χ1) is 11.3. The first-order valence-electron chi connectivity index (χ1n) is 7.22. The Balaban J connectivity index is 2.41. The number of halogens is 4. The van der Waals surface area contributed by atoms with E-state index >= 15 is 0 Å². The minimum Gasteiger partial charge on any atom is -0.461 e. The molecule has 0 aliphatic rings. The van der Waals surface area contributed by atoms with Crippen molar-refractivity contribution < 1.29 is 23.1 Å². The summed E-state index contributed by atoms with van der Waals surface area (Å²) in [6.07, 6.45) is 1.41. The quantitative estimate of drug-likeness (QED) is 0.315. The molecule has 1 rings (SSSR count). The van der Waals surface area contributed by atoms with Crippen LogP contribution in [0.1, 0.15) is 30.1 Å². The Morgan fingerprint density at radius 3 is 2.54 bits per heavy atom. The molecule has 0 saturated heterocycles. The number of nitrogens with one attached hydrogen (secondary N) is 1. The predicted molar refractivity (Wildman–Crippen MR) is 99.4 cm³/mol. The van der Waals surface area contributed by atoms with E-state index in [-0.39, 0.29) is 12.5 Å². The number of rotatable bonds is 8. The largest absolute Gasteiger partial charge is 0.461 e. The van der Waals surface area contributed by atoms with Crippen molar-refractivity contribution in [2.75, 3.05) is 13.2 Å². The van der Waals surface area contributed by atoms with Crippen LogP contribution < -0.4 is 5.32 Å². The summed E-state index contributed by atoms with van der Waals surface area (Å²) in [5.41, 5.74) is 0.525. The first kappa shape index (κ1) is 21.0. The highest BCUT2D eigenvalue weighted by atomic mass is 127. The second-order valence-corrected chi connectivity index (χ2v) is 7.10. The van der Waals surface area contributed by atoms with Crippen LogP contribution in [0.25, 0.3) is 0 Å². The lowest BCUT2D eigenvalue weighted by Gasteiger charge is -2.11. The second kappa shape index (κ2) is 10.1. The molecule has 0 aromatic heterocycles. The highest BCUT2D eigenvalue weighted by Crippen LogP contribution is 2.24. The van der Waals surface area contributed by atoms with Gasteiger partial charge in [-0.3, -0.25) is 4.79 Å². The summed E-state index contributed by atoms with van der Waals surface area (Å²) < 4.78 is 32.6. The van der Waals surface area contributed by atoms with E-state index in [0.717, 1.165) is 4.47 Å². The summed E-state index contributed by atoms with van der Waals surface area (Å²) in [4.78, 5) is 23.0. The van der Waals surface area contributed by atoms with E-state index in [2.05, 4.69) is 26.0 Å². The molecule has 0 atom stereocenters. The topological polar surface area (TPSA) is 55.4 Å². The molecule has 132 valence electrons. The van der Waals surface area contributed by atoms with Gasteiger partial charge >= 0.3 is 11.9 Å². The van der Waals surface area contributed by atoms with E-state index in [1.54, 1.807) is 46.9 Å². The fourth-order valence-electron chi connectivity index (χ4n) is 1.72. The van der Waals surface area contributed by atoms with Crippen molar-refractivity contribution in [2.45, 2.75) is 25.7 Å². The number of allylic oxidation sites excluding steroid dienone is 1. The molecule has 1 amide bonds. The molecule has 1 N–H and O–H groups in total. The van der Waals surface area contributed by atoms with E-state index in [4.69, 9.17) is 0 Å². The molecule has 0 saturated carbocycles. The number of ether oxygens (including phenoxy) is 1. The lowest BCUT2D eigenvalue weighted by molar-refractivity contribution is -0.164. The monoisotopic (exact) mass is 515 g/mol. The van der Waals surface area contributed by atoms with E-state index in [1.165, 1.54) is 6.92 Å². The number of amides is 1. The smallest absolute Gasteiger partial charge is 0.381 e. The number of carbonyl (C=O) groups is 2. The van der Waals surface area contributed by atoms with Gasteiger partial charge in [-0.15, -0.1) is 0 Å². The van der Waals surface area contributed by atoms with Gasteiger partial charge in [0.2, 0.25) is 0 Å². The first-order valence-corrected chi connectivity index (χ1v) is 9.09. The van der Waals surface area contributed by atoms with Crippen LogP contribution in [0, 0.1) is 0 Å². The average molecular weight is 516 g/mol. The molecule has 0 spiro atoms. The van der Waals surface area contributed by atoms with Crippen molar-refractivity contribution >= 4 is 50.4 Å². The van der Waals surface area contributed by atoms with Gasteiger partial charge in [0, 0.05) is 22.7 Å². The van der Waals surface area contributed by atoms with Gasteiger partial charge < -0.3 is 10.1 Å². The third-order valence-electron chi connectivity index (χ3n) is 2.87. The molecule has 0 aliphatic heterocycles. The number of esters is 1. The highest BCUT2D eigenvalue weighted by molar-refractivity contribution is 14.1. The van der Waals surface area contributed by atoms with Gasteiger partial charge in [-0.25, -0.2) is 4.79 Å². The molecule has 1 aromatic rings. The summed E-state index contributed by atoms with van der Waals surface area (Å²) in [5.74, 6) is -5.41. The average Bonchev–Trinajstić information content (AvgIpc) is 2.51. The van der Waals surface area contributed by atoms with E-state index in [1.807, 2.05) is 0 Å². The maximum atomic E-state index is 13.5. The Morgan fingerprint density at radius 1 is 1.33 bits per heavy atom. The summed E-state index contributed by atoms with van der Waals surface area (Å²) in [6.45, 7) is 1.72. The van der Waals surface area contributed by atoms with Crippen molar-refractivity contribution in [1.82, 2.24) is 5.32 Å². The third kappa shape index (κ3) is 7.25. The maximum Gasteiger partial charge on any atom is 0.381 e. The Labute approximate surface area is 161 Å². The Hall–Kier alpha value is -1.03. The molecule has 0 heterocycles. The zero-order chi connectivity index (χ0) is 18.2. The van der Waals surface area contributed by atoms with E-state index in [0.29, 0.717) is 34.6 Å². The third-order valence-corrected chi connectivity index (χ3v) is 4.25. The Kier molecular flexibility index (Phi) is 8.82. The molecule has 8 heteroatoms. The van der Waals surface area contributed by atoms with E-state index < -0.39 is 11.9 Å². The van der Waals surface area contributed by atoms with Crippen molar-refractivity contribution in [3.63, 3.8) is 0 Å². The normalized spacial score (nSPS) is 12.0. The lowest BCUT2D eigenvalue weighted by Crippen LogP contribution is -2.28. The molecule has 24 heavy (non-hydrogen) atoms. The number of hydrogen-bond donors (Lipinski definition) is 1. The SMILES string of the molecule is CCOC(=O)C(F)(F)C=C(I)CCCNC(=O)c1ccc(Br)cc1. The van der Waals surface area contributed by atoms with Crippen LogP contribution in [-0.4, -0.2) is 31.0 Å². The van der Waals surface area contributed by atoms with Gasteiger partial charge in [0.1, 0.15) is 0 Å². The van der Waals surface area contributed by atoms with Crippen molar-refractivity contribution in [3.8, 4) is 0 Å². The predicted octanol–water partition coefficient (Wildman–Crippen LogP) is 4.48. The van der Waals surface area contributed by atoms with Crippen LogP contribution in [0.3, 0.4) is 0 Å². The number of hydrogen-bond acceptors (Lipinski definition) is 3. The van der Waals surface area contributed by atoms with Crippen LogP contribution >= 0.6 is 38.5 Å². The van der Waals surface area contributed by atoms with Crippen LogP contribution in [0.4, 0.5) is 8.78 Å². The van der Waals surface area contributed by atoms with Crippen LogP contribution in [-0.2, 0) is 9.53 Å². The summed E-state index contributed by atoms with van der Waals surface area (Å²) in [6, 6.07) is 6.89. The molecule has 0 unspecified atom stereocenters. The highest BCUT2D eigenvalue weighted by Gasteiger charge is 2.38. The van der Waals surface area contributed by atoms with Crippen molar-refractivity contribution in [1.29, 1.82) is 0 Å². The molecule has 0 fully saturated rings. The molecule has 4 nitrogen and oxygen atoms in total. The minimum absolute atomic E-state index is 0.0963. The summed E-state index contributed by atoms with van der Waals surface area (Å²) >= 11 is 5.04. The van der Waals surface area contributed by atoms with Crippen molar-refractivity contribution in [3.05, 3.63) is 44.0 Å². The fourth-order valence-corrected chi connectivity index (χ4v) is 2.75. The summed E-state index contributed by atoms with van der Waals surface area (Å²) in [7, 11) is 0. The van der Waals surface area contributed by atoms with Gasteiger partial charge in [0.25, 0.3) is 5.91 Å². The molecule has 0 radical (unpaired) electrons. The molecular formula is C16H17BrF2INO3. The lowest BCUT2D eigenvalue weighted by atomic mass is 10.2. The Bertz CT molecular complexity index is 606. The second-order valence-electron chi connectivity index (χ2n) is 4.80. The zero-order valence-corrected chi connectivity index (χ0v) is 16.7. The van der Waals surface area contributed by atoms with E-state index in [9.17, 15) is 18.4 Å². The fraction of sp³-hybridized carbons (Fsp3) is 0.375. The van der Waals surface area contributed by atoms with Gasteiger partial charge in [-0.2, -0.15) is 8.78 Å². The van der Waals surface area contributed by atoms with Crippen LogP contribution in [0.5, 0.6) is 0 Å². The molecule has 0 bridgehead atoms. The number of carbonyl (C=O) groups excluding carboxylic acids is 2. The minimum atomic E-state index is -3.63. The Morgan fingerprint density at radius 2 is 1.96 bits per heavy atom. The molecule has 0 aliphatic carbocycles. The zero-order valence-electron chi connectivity index (χ0n) is 13.0.